The standard InChI is InChI=1S/C5H11NO2.3C2H5NO2/c1-3(2)4(6)5(7)8;3*3-1-2(4)5/h3-4H,6H2,1-2H3,(H,7,8);3*1,3H2,(H,4,5)/t4-;;;/m0.../s1. The Bertz CT molecular complexity index is 316. The van der Waals surface area contributed by atoms with Crippen LogP contribution in [-0.4, -0.2) is 70.0 Å². The minimum absolute atomic E-state index is 0.0208. The van der Waals surface area contributed by atoms with Crippen molar-refractivity contribution in [2.45, 2.75) is 19.9 Å². The number of carboxylic acid groups (broad SMARTS) is 4. The van der Waals surface area contributed by atoms with Gasteiger partial charge in [-0.05, 0) is 5.92 Å². The third-order valence-corrected chi connectivity index (χ3v) is 1.53. The van der Waals surface area contributed by atoms with Crippen molar-refractivity contribution in [1.82, 2.24) is 0 Å². The Morgan fingerprint density at radius 1 is 0.739 bits per heavy atom. The van der Waals surface area contributed by atoms with E-state index in [-0.39, 0.29) is 25.6 Å². The van der Waals surface area contributed by atoms with E-state index in [9.17, 15) is 19.2 Å². The highest BCUT2D eigenvalue weighted by Gasteiger charge is 2.14. The Morgan fingerprint density at radius 3 is 0.913 bits per heavy atom. The Balaban J connectivity index is -0.000000108. The molecule has 0 rings (SSSR count). The van der Waals surface area contributed by atoms with E-state index in [1.54, 1.807) is 13.8 Å². The Labute approximate surface area is 133 Å². The van der Waals surface area contributed by atoms with Gasteiger partial charge < -0.3 is 43.4 Å². The lowest BCUT2D eigenvalue weighted by Crippen LogP contribution is -2.34. The Morgan fingerprint density at radius 2 is 0.913 bits per heavy atom. The second-order valence-corrected chi connectivity index (χ2v) is 3.90. The van der Waals surface area contributed by atoms with Gasteiger partial charge in [-0.25, -0.2) is 0 Å². The molecule has 12 nitrogen and oxygen atoms in total. The van der Waals surface area contributed by atoms with Crippen molar-refractivity contribution < 1.29 is 39.6 Å². The number of nitrogens with two attached hydrogens (primary N) is 4. The normalized spacial score (nSPS) is 9.70. The fourth-order valence-corrected chi connectivity index (χ4v) is 0.285. The van der Waals surface area contributed by atoms with Gasteiger partial charge in [0.15, 0.2) is 0 Å². The first kappa shape index (κ1) is 28.8. The molecule has 0 aromatic carbocycles. The van der Waals surface area contributed by atoms with E-state index in [1.807, 2.05) is 0 Å². The van der Waals surface area contributed by atoms with Crippen LogP contribution in [0, 0.1) is 5.92 Å². The fourth-order valence-electron chi connectivity index (χ4n) is 0.285. The molecule has 12 heteroatoms. The van der Waals surface area contributed by atoms with Crippen molar-refractivity contribution in [2.75, 3.05) is 19.6 Å². The lowest BCUT2D eigenvalue weighted by molar-refractivity contribution is -0.140. The summed E-state index contributed by atoms with van der Waals surface area (Å²) in [4.78, 5) is 37.7. The van der Waals surface area contributed by atoms with Gasteiger partial charge in [0.2, 0.25) is 0 Å². The van der Waals surface area contributed by atoms with Crippen molar-refractivity contribution in [3.8, 4) is 0 Å². The zero-order valence-electron chi connectivity index (χ0n) is 13.0. The molecule has 23 heavy (non-hydrogen) atoms. The highest BCUT2D eigenvalue weighted by atomic mass is 16.4. The summed E-state index contributed by atoms with van der Waals surface area (Å²) in [5, 5.41) is 31.0. The molecule has 1 atom stereocenters. The maximum Gasteiger partial charge on any atom is 0.320 e. The van der Waals surface area contributed by atoms with Crippen LogP contribution >= 0.6 is 0 Å². The Kier molecular flexibility index (Phi) is 24.7. The van der Waals surface area contributed by atoms with Gasteiger partial charge in [-0.3, -0.25) is 19.2 Å². The summed E-state index contributed by atoms with van der Waals surface area (Å²) in [7, 11) is 0. The molecule has 0 radical (unpaired) electrons. The van der Waals surface area contributed by atoms with Gasteiger partial charge in [-0.1, -0.05) is 13.8 Å². The maximum atomic E-state index is 10.0. The number of aliphatic carboxylic acids is 4. The molecular weight excluding hydrogens is 316 g/mol. The molecular formula is C11H26N4O8. The smallest absolute Gasteiger partial charge is 0.320 e. The summed E-state index contributed by atoms with van der Waals surface area (Å²) in [5.74, 6) is -3.81. The molecule has 0 saturated heterocycles. The molecule has 0 saturated carbocycles. The van der Waals surface area contributed by atoms with Crippen molar-refractivity contribution in [2.24, 2.45) is 28.9 Å². The molecule has 0 aliphatic carbocycles. The molecule has 0 aromatic rings. The summed E-state index contributed by atoms with van der Waals surface area (Å²) in [6.07, 6.45) is 0. The highest BCUT2D eigenvalue weighted by molar-refractivity contribution is 5.73. The number of hydrogen-bond donors (Lipinski definition) is 8. The van der Waals surface area contributed by atoms with E-state index < -0.39 is 29.9 Å². The second-order valence-electron chi connectivity index (χ2n) is 3.90. The van der Waals surface area contributed by atoms with Crippen LogP contribution < -0.4 is 22.9 Å². The van der Waals surface area contributed by atoms with Crippen molar-refractivity contribution >= 4 is 23.9 Å². The second kappa shape index (κ2) is 19.7. The number of carbonyl (C=O) groups is 4. The molecule has 0 aliphatic rings. The molecule has 0 aromatic heterocycles. The summed E-state index contributed by atoms with van der Waals surface area (Å²) in [5.41, 5.74) is 18.9. The molecule has 138 valence electrons. The van der Waals surface area contributed by atoms with Gasteiger partial charge in [0, 0.05) is 0 Å². The van der Waals surface area contributed by atoms with Gasteiger partial charge >= 0.3 is 23.9 Å². The predicted molar refractivity (Wildman–Crippen MR) is 80.5 cm³/mol. The number of hydrogen-bond acceptors (Lipinski definition) is 8. The van der Waals surface area contributed by atoms with Gasteiger partial charge in [-0.15, -0.1) is 0 Å². The first-order chi connectivity index (χ1) is 10.4. The fraction of sp³-hybridized carbons (Fsp3) is 0.636. The highest BCUT2D eigenvalue weighted by Crippen LogP contribution is 1.96. The van der Waals surface area contributed by atoms with Gasteiger partial charge in [0.1, 0.15) is 6.04 Å². The average Bonchev–Trinajstić information content (AvgIpc) is 2.47. The van der Waals surface area contributed by atoms with E-state index in [2.05, 4.69) is 17.2 Å². The predicted octanol–water partition coefficient (Wildman–Crippen LogP) is -2.86. The van der Waals surface area contributed by atoms with E-state index in [1.165, 1.54) is 0 Å². The van der Waals surface area contributed by atoms with Crippen molar-refractivity contribution in [3.63, 3.8) is 0 Å². The van der Waals surface area contributed by atoms with E-state index in [4.69, 9.17) is 26.2 Å². The first-order valence-electron chi connectivity index (χ1n) is 6.11. The van der Waals surface area contributed by atoms with E-state index in [0.717, 1.165) is 0 Å². The molecule has 0 spiro atoms. The summed E-state index contributed by atoms with van der Waals surface area (Å²) in [6.45, 7) is 2.72. The first-order valence-corrected chi connectivity index (χ1v) is 6.11. The van der Waals surface area contributed by atoms with Crippen LogP contribution in [0.5, 0.6) is 0 Å². The molecule has 0 heterocycles. The lowest BCUT2D eigenvalue weighted by atomic mass is 10.1. The topological polar surface area (TPSA) is 253 Å². The molecule has 0 unspecified atom stereocenters. The zero-order chi connectivity index (χ0) is 19.6. The SMILES string of the molecule is CC(C)[C@H](N)C(=O)O.NCC(=O)O.NCC(=O)O.NCC(=O)O. The van der Waals surface area contributed by atoms with Crippen LogP contribution in [0.1, 0.15) is 13.8 Å². The number of carboxylic acids is 4. The van der Waals surface area contributed by atoms with Crippen LogP contribution in [0.4, 0.5) is 0 Å². The summed E-state index contributed by atoms with van der Waals surface area (Å²) < 4.78 is 0. The van der Waals surface area contributed by atoms with Crippen LogP contribution in [0.2, 0.25) is 0 Å². The molecule has 0 aliphatic heterocycles. The van der Waals surface area contributed by atoms with Gasteiger partial charge in [0.25, 0.3) is 0 Å². The molecule has 0 amide bonds. The van der Waals surface area contributed by atoms with Gasteiger partial charge in [-0.2, -0.15) is 0 Å². The van der Waals surface area contributed by atoms with E-state index >= 15 is 0 Å². The van der Waals surface area contributed by atoms with Crippen LogP contribution in [0.3, 0.4) is 0 Å². The van der Waals surface area contributed by atoms with Crippen molar-refractivity contribution in [3.05, 3.63) is 0 Å². The number of rotatable bonds is 5. The minimum Gasteiger partial charge on any atom is -0.480 e. The maximum absolute atomic E-state index is 10.0. The molecule has 0 fully saturated rings. The Hall–Kier alpha value is -2.28. The van der Waals surface area contributed by atoms with Crippen LogP contribution in [0.15, 0.2) is 0 Å². The summed E-state index contributed by atoms with van der Waals surface area (Å²) in [6, 6.07) is -0.713. The average molecular weight is 342 g/mol. The zero-order valence-corrected chi connectivity index (χ0v) is 13.0. The quantitative estimate of drug-likeness (QED) is 0.251. The lowest BCUT2D eigenvalue weighted by Gasteiger charge is -2.07. The third-order valence-electron chi connectivity index (χ3n) is 1.53. The summed E-state index contributed by atoms with van der Waals surface area (Å²) >= 11 is 0. The van der Waals surface area contributed by atoms with Crippen molar-refractivity contribution in [1.29, 1.82) is 0 Å². The monoisotopic (exact) mass is 342 g/mol. The minimum atomic E-state index is -0.968. The van der Waals surface area contributed by atoms with E-state index in [0.29, 0.717) is 0 Å². The van der Waals surface area contributed by atoms with Crippen LogP contribution in [-0.2, 0) is 19.2 Å². The molecule has 12 N–H and O–H groups in total. The van der Waals surface area contributed by atoms with Crippen LogP contribution in [0.25, 0.3) is 0 Å². The van der Waals surface area contributed by atoms with Gasteiger partial charge in [0.05, 0.1) is 19.6 Å². The molecule has 0 bridgehead atoms. The third kappa shape index (κ3) is 45.1. The largest absolute Gasteiger partial charge is 0.480 e.